The molecular formula is C44H54Cl2Zr. The van der Waals surface area contributed by atoms with Gasteiger partial charge in [0.1, 0.15) is 0 Å². The molecule has 0 spiro atoms. The summed E-state index contributed by atoms with van der Waals surface area (Å²) in [6, 6.07) is 33.0. The summed E-state index contributed by atoms with van der Waals surface area (Å²) in [4.78, 5) is 0. The first kappa shape index (κ1) is 39.1. The maximum Gasteiger partial charge on any atom is -0.0184 e. The molecule has 2 aliphatic carbocycles. The van der Waals surface area contributed by atoms with Crippen LogP contribution in [0.2, 0.25) is 0 Å². The normalized spacial score (nSPS) is 15.1. The average Bonchev–Trinajstić information content (AvgIpc) is 3.57. The smallest absolute Gasteiger partial charge is 0.0184 e. The first-order chi connectivity index (χ1) is 21.0. The Balaban J connectivity index is 0.000000360. The van der Waals surface area contributed by atoms with Gasteiger partial charge in [0.05, 0.1) is 0 Å². The fourth-order valence-corrected chi connectivity index (χ4v) is 11.8. The van der Waals surface area contributed by atoms with Gasteiger partial charge >= 0.3 is 211 Å². The predicted molar refractivity (Wildman–Crippen MR) is 210 cm³/mol. The van der Waals surface area contributed by atoms with Crippen molar-refractivity contribution in [1.82, 2.24) is 0 Å². The molecule has 0 N–H and O–H groups in total. The van der Waals surface area contributed by atoms with E-state index in [4.69, 9.17) is 4.21 Å². The van der Waals surface area contributed by atoms with Crippen LogP contribution in [0.3, 0.4) is 0 Å². The van der Waals surface area contributed by atoms with Gasteiger partial charge in [-0.3, -0.25) is 0 Å². The Morgan fingerprint density at radius 3 is 1.60 bits per heavy atom. The van der Waals surface area contributed by atoms with Gasteiger partial charge < -0.3 is 0 Å². The molecule has 0 radical (unpaired) electrons. The number of benzene rings is 4. The van der Waals surface area contributed by atoms with Crippen molar-refractivity contribution < 1.29 is 21.3 Å². The third-order valence-electron chi connectivity index (χ3n) is 9.40. The number of hydrogen-bond acceptors (Lipinski definition) is 0. The van der Waals surface area contributed by atoms with E-state index >= 15 is 0 Å². The van der Waals surface area contributed by atoms with Crippen molar-refractivity contribution in [2.45, 2.75) is 86.5 Å². The average molecular weight is 745 g/mol. The van der Waals surface area contributed by atoms with Crippen molar-refractivity contribution in [3.8, 4) is 22.3 Å². The van der Waals surface area contributed by atoms with E-state index in [1.807, 2.05) is 12.1 Å². The fraction of sp³-hybridized carbons (Fsp3) is 0.341. The van der Waals surface area contributed by atoms with E-state index in [1.165, 1.54) is 44.5 Å². The van der Waals surface area contributed by atoms with Crippen molar-refractivity contribution in [3.05, 3.63) is 134 Å². The minimum atomic E-state index is -2.26. The van der Waals surface area contributed by atoms with Crippen LogP contribution >= 0.6 is 24.8 Å². The molecule has 0 fully saturated rings. The zero-order valence-corrected chi connectivity index (χ0v) is 34.2. The van der Waals surface area contributed by atoms with Crippen molar-refractivity contribution in [3.63, 3.8) is 0 Å². The first-order valence-electron chi connectivity index (χ1n) is 16.6. The molecular weight excluding hydrogens is 691 g/mol. The van der Waals surface area contributed by atoms with Crippen LogP contribution in [-0.4, -0.2) is 4.21 Å². The summed E-state index contributed by atoms with van der Waals surface area (Å²) >= 11 is -2.26. The predicted octanol–water partition coefficient (Wildman–Crippen LogP) is 12.2. The van der Waals surface area contributed by atoms with Crippen LogP contribution in [0.5, 0.6) is 0 Å². The third kappa shape index (κ3) is 8.84. The summed E-state index contributed by atoms with van der Waals surface area (Å²) in [6.07, 6.45) is 6.09. The van der Waals surface area contributed by atoms with E-state index in [2.05, 4.69) is 160 Å². The molecule has 2 aliphatic rings. The Morgan fingerprint density at radius 1 is 0.617 bits per heavy atom. The van der Waals surface area contributed by atoms with Crippen LogP contribution < -0.4 is 3.27 Å². The van der Waals surface area contributed by atoms with Gasteiger partial charge in [-0.05, 0) is 11.1 Å². The van der Waals surface area contributed by atoms with E-state index in [0.29, 0.717) is 5.92 Å². The number of rotatable bonds is 3. The minimum absolute atomic E-state index is 0. The van der Waals surface area contributed by atoms with Crippen molar-refractivity contribution in [2.75, 3.05) is 0 Å². The maximum absolute atomic E-state index is 4.97. The molecule has 3 heteroatoms. The molecule has 0 amide bonds. The van der Waals surface area contributed by atoms with Crippen molar-refractivity contribution in [2.24, 2.45) is 11.3 Å². The van der Waals surface area contributed by atoms with Gasteiger partial charge in [0.15, 0.2) is 0 Å². The Hall–Kier alpha value is -2.31. The number of hydrogen-bond donors (Lipinski definition) is 0. The summed E-state index contributed by atoms with van der Waals surface area (Å²) < 4.78 is 8.25. The van der Waals surface area contributed by atoms with Gasteiger partial charge in [0, 0.05) is 0 Å². The molecule has 1 atom stereocenters. The van der Waals surface area contributed by atoms with Gasteiger partial charge in [-0.15, -0.1) is 24.8 Å². The topological polar surface area (TPSA) is 0 Å². The molecule has 0 bridgehead atoms. The van der Waals surface area contributed by atoms with Crippen LogP contribution in [0, 0.1) is 11.3 Å². The van der Waals surface area contributed by atoms with Gasteiger partial charge in [-0.25, -0.2) is 0 Å². The molecule has 4 aromatic carbocycles. The second-order valence-electron chi connectivity index (χ2n) is 16.1. The molecule has 0 nitrogen and oxygen atoms in total. The molecule has 0 saturated heterocycles. The molecule has 6 rings (SSSR count). The molecule has 1 unspecified atom stereocenters. The molecule has 0 aromatic heterocycles. The maximum atomic E-state index is 4.97. The molecule has 47 heavy (non-hydrogen) atoms. The molecule has 0 aliphatic heterocycles. The summed E-state index contributed by atoms with van der Waals surface area (Å²) in [5, 5.41) is 0. The summed E-state index contributed by atoms with van der Waals surface area (Å²) in [5.74, 6) is 0.524. The Bertz CT molecular complexity index is 1740. The van der Waals surface area contributed by atoms with E-state index in [1.54, 1.807) is 12.1 Å². The van der Waals surface area contributed by atoms with Gasteiger partial charge in [0.25, 0.3) is 0 Å². The van der Waals surface area contributed by atoms with Crippen molar-refractivity contribution in [1.29, 1.82) is 0 Å². The summed E-state index contributed by atoms with van der Waals surface area (Å²) in [6.45, 7) is 23.4. The van der Waals surface area contributed by atoms with Crippen molar-refractivity contribution >= 4 is 32.3 Å². The molecule has 0 heterocycles. The molecule has 248 valence electrons. The van der Waals surface area contributed by atoms with Gasteiger partial charge in [-0.1, -0.05) is 60.7 Å². The second kappa shape index (κ2) is 15.1. The Morgan fingerprint density at radius 2 is 1.13 bits per heavy atom. The van der Waals surface area contributed by atoms with E-state index in [9.17, 15) is 0 Å². The monoisotopic (exact) mass is 742 g/mol. The largest absolute Gasteiger partial charge is 0.0622 e. The second-order valence-corrected chi connectivity index (χ2v) is 21.2. The Kier molecular flexibility index (Phi) is 12.5. The van der Waals surface area contributed by atoms with Gasteiger partial charge in [-0.2, -0.15) is 0 Å². The zero-order valence-electron chi connectivity index (χ0n) is 30.1. The Labute approximate surface area is 305 Å². The first-order valence-corrected chi connectivity index (χ1v) is 20.8. The van der Waals surface area contributed by atoms with E-state index < -0.39 is 21.3 Å². The van der Waals surface area contributed by atoms with Crippen LogP contribution in [0.4, 0.5) is 0 Å². The molecule has 4 aromatic rings. The van der Waals surface area contributed by atoms with Crippen LogP contribution in [0.15, 0.2) is 112 Å². The number of halogens is 2. The number of fused-ring (bicyclic) bond motifs is 3. The standard InChI is InChI=1S/C21H25.C12H10.C10H15.CH2.2ClH.Zr/c1-20(2,3)16-9-7-14-11-15-8-10-17(21(4,5)6)13-19(15)18(14)12-16;1-3-7-11(8-4-1)12-9-5-2-6-10-12;1-8-5-6-9(7-8)10(2,3)4;;;;/h7,9-10,12-13H,11H2,1-6H3;1-10H;6-8H,1-4H3;1H2;2*1H;. The van der Waals surface area contributed by atoms with Crippen LogP contribution in [0.1, 0.15) is 91.5 Å². The van der Waals surface area contributed by atoms with Crippen LogP contribution in [-0.2, 0) is 38.5 Å². The fourth-order valence-electron chi connectivity index (χ4n) is 6.39. The summed E-state index contributed by atoms with van der Waals surface area (Å²) in [7, 11) is 0. The van der Waals surface area contributed by atoms with Gasteiger partial charge in [0.2, 0.25) is 0 Å². The quantitative estimate of drug-likeness (QED) is 0.173. The minimum Gasteiger partial charge on any atom is -0.0622 e. The van der Waals surface area contributed by atoms with E-state index in [0.717, 1.165) is 6.42 Å². The van der Waals surface area contributed by atoms with E-state index in [-0.39, 0.29) is 41.1 Å². The zero-order chi connectivity index (χ0) is 32.7. The van der Waals surface area contributed by atoms with Crippen LogP contribution in [0.25, 0.3) is 22.3 Å². The third-order valence-corrected chi connectivity index (χ3v) is 15.3. The number of allylic oxidation sites excluding steroid dienone is 4. The SMILES string of the molecule is Cl.Cl.[CH2]=[Zr]([C]1=CC(C(C)(C)C)=CC1C)[c]1cc(C(C)(C)C)cc2c1Cc1ccc(C(C)(C)C)cc1-2.c1ccc(-c2ccccc2)cc1. The molecule has 0 saturated carbocycles. The summed E-state index contributed by atoms with van der Waals surface area (Å²) in [5.41, 5.74) is 13.4.